The van der Waals surface area contributed by atoms with Crippen molar-refractivity contribution in [2.24, 2.45) is 0 Å². The predicted octanol–water partition coefficient (Wildman–Crippen LogP) is 4.99. The van der Waals surface area contributed by atoms with Crippen LogP contribution in [0, 0.1) is 11.6 Å². The maximum absolute atomic E-state index is 13.4. The molecule has 1 N–H and O–H groups in total. The lowest BCUT2D eigenvalue weighted by Crippen LogP contribution is -2.03. The van der Waals surface area contributed by atoms with E-state index in [-0.39, 0.29) is 12.1 Å². The zero-order valence-corrected chi connectivity index (χ0v) is 11.5. The van der Waals surface area contributed by atoms with Gasteiger partial charge in [0.15, 0.2) is 0 Å². The van der Waals surface area contributed by atoms with Gasteiger partial charge in [-0.2, -0.15) is 0 Å². The molecule has 0 fully saturated rings. The highest BCUT2D eigenvalue weighted by Gasteiger charge is 2.06. The van der Waals surface area contributed by atoms with Crippen LogP contribution >= 0.6 is 27.5 Å². The third kappa shape index (κ3) is 3.00. The molecule has 0 saturated heterocycles. The monoisotopic (exact) mass is 331 g/mol. The number of benzene rings is 2. The van der Waals surface area contributed by atoms with E-state index < -0.39 is 11.6 Å². The molecule has 2 aromatic carbocycles. The van der Waals surface area contributed by atoms with Crippen molar-refractivity contribution in [1.29, 1.82) is 0 Å². The molecule has 2 aromatic rings. The Labute approximate surface area is 117 Å². The van der Waals surface area contributed by atoms with E-state index >= 15 is 0 Å². The fourth-order valence-electron chi connectivity index (χ4n) is 1.51. The topological polar surface area (TPSA) is 12.0 Å². The number of halogens is 4. The van der Waals surface area contributed by atoms with E-state index in [1.807, 2.05) is 0 Å². The van der Waals surface area contributed by atoms with Gasteiger partial charge in [0.25, 0.3) is 0 Å². The largest absolute Gasteiger partial charge is 0.380 e. The van der Waals surface area contributed by atoms with Crippen LogP contribution in [-0.4, -0.2) is 0 Å². The maximum Gasteiger partial charge on any atom is 0.128 e. The first-order chi connectivity index (χ1) is 8.58. The second-order valence-corrected chi connectivity index (χ2v) is 4.89. The molecule has 0 unspecified atom stereocenters. The Morgan fingerprint density at radius 2 is 1.94 bits per heavy atom. The minimum atomic E-state index is -0.460. The van der Waals surface area contributed by atoms with Crippen LogP contribution in [0.4, 0.5) is 14.5 Å². The van der Waals surface area contributed by atoms with Crippen molar-refractivity contribution in [2.45, 2.75) is 6.54 Å². The molecule has 2 rings (SSSR count). The molecule has 0 aromatic heterocycles. The predicted molar refractivity (Wildman–Crippen MR) is 72.8 cm³/mol. The molecular formula is C13H9BrClF2N. The summed E-state index contributed by atoms with van der Waals surface area (Å²) in [6.07, 6.45) is 0. The molecule has 0 aliphatic carbocycles. The molecule has 94 valence electrons. The lowest BCUT2D eigenvalue weighted by molar-refractivity contribution is 0.587. The highest BCUT2D eigenvalue weighted by Crippen LogP contribution is 2.30. The summed E-state index contributed by atoms with van der Waals surface area (Å²) in [6, 6.07) is 8.68. The summed E-state index contributed by atoms with van der Waals surface area (Å²) in [5.41, 5.74) is 0.994. The summed E-state index contributed by atoms with van der Waals surface area (Å²) in [6.45, 7) is 0.183. The zero-order valence-electron chi connectivity index (χ0n) is 9.18. The molecule has 0 aliphatic heterocycles. The summed E-state index contributed by atoms with van der Waals surface area (Å²) in [5.74, 6) is -0.902. The molecule has 0 spiro atoms. The summed E-state index contributed by atoms with van der Waals surface area (Å²) >= 11 is 9.26. The van der Waals surface area contributed by atoms with Crippen molar-refractivity contribution in [3.63, 3.8) is 0 Å². The summed E-state index contributed by atoms with van der Waals surface area (Å²) in [4.78, 5) is 0. The molecule has 0 saturated carbocycles. The molecule has 1 nitrogen and oxygen atoms in total. The van der Waals surface area contributed by atoms with Crippen molar-refractivity contribution in [3.05, 3.63) is 63.1 Å². The van der Waals surface area contributed by atoms with Gasteiger partial charge in [0, 0.05) is 12.1 Å². The van der Waals surface area contributed by atoms with Crippen LogP contribution in [0.15, 0.2) is 40.9 Å². The lowest BCUT2D eigenvalue weighted by atomic mass is 10.2. The second kappa shape index (κ2) is 5.67. The van der Waals surface area contributed by atoms with E-state index in [1.165, 1.54) is 6.07 Å². The first-order valence-electron chi connectivity index (χ1n) is 5.20. The van der Waals surface area contributed by atoms with Crippen LogP contribution in [0.5, 0.6) is 0 Å². The fraction of sp³-hybridized carbons (Fsp3) is 0.0769. The number of hydrogen-bond acceptors (Lipinski definition) is 1. The van der Waals surface area contributed by atoms with Gasteiger partial charge >= 0.3 is 0 Å². The van der Waals surface area contributed by atoms with Gasteiger partial charge in [0.05, 0.1) is 15.2 Å². The standard InChI is InChI=1S/C13H9BrClF2N/c14-13-10(15)2-1-3-12(13)18-7-8-6-9(16)4-5-11(8)17/h1-6,18H,7H2. The Bertz CT molecular complexity index is 573. The van der Waals surface area contributed by atoms with E-state index in [0.717, 1.165) is 17.8 Å². The fourth-order valence-corrected chi connectivity index (χ4v) is 2.09. The molecule has 18 heavy (non-hydrogen) atoms. The summed E-state index contributed by atoms with van der Waals surface area (Å²) in [7, 11) is 0. The number of nitrogens with one attached hydrogen (secondary N) is 1. The first kappa shape index (κ1) is 13.3. The molecule has 0 radical (unpaired) electrons. The molecule has 0 heterocycles. The van der Waals surface area contributed by atoms with Crippen LogP contribution in [0.25, 0.3) is 0 Å². The third-order valence-corrected chi connectivity index (χ3v) is 3.83. The Balaban J connectivity index is 2.16. The Morgan fingerprint density at radius 1 is 1.17 bits per heavy atom. The van der Waals surface area contributed by atoms with Crippen LogP contribution in [0.1, 0.15) is 5.56 Å². The maximum atomic E-state index is 13.4. The number of hydrogen-bond donors (Lipinski definition) is 1. The molecule has 0 amide bonds. The van der Waals surface area contributed by atoms with Gasteiger partial charge < -0.3 is 5.32 Å². The molecule has 0 aliphatic rings. The van der Waals surface area contributed by atoms with Gasteiger partial charge in [-0.1, -0.05) is 17.7 Å². The van der Waals surface area contributed by atoms with Crippen LogP contribution in [0.2, 0.25) is 5.02 Å². The van der Waals surface area contributed by atoms with Crippen LogP contribution in [-0.2, 0) is 6.54 Å². The van der Waals surface area contributed by atoms with Gasteiger partial charge in [-0.05, 0) is 46.3 Å². The SMILES string of the molecule is Fc1ccc(F)c(CNc2cccc(Cl)c2Br)c1. The van der Waals surface area contributed by atoms with Crippen molar-refractivity contribution in [1.82, 2.24) is 0 Å². The van der Waals surface area contributed by atoms with Crippen molar-refractivity contribution in [2.75, 3.05) is 5.32 Å². The van der Waals surface area contributed by atoms with E-state index in [9.17, 15) is 8.78 Å². The van der Waals surface area contributed by atoms with Crippen molar-refractivity contribution in [3.8, 4) is 0 Å². The molecule has 0 bridgehead atoms. The average Bonchev–Trinajstić information content (AvgIpc) is 2.35. The van der Waals surface area contributed by atoms with Gasteiger partial charge in [0.1, 0.15) is 11.6 Å². The molecule has 0 atom stereocenters. The minimum Gasteiger partial charge on any atom is -0.380 e. The van der Waals surface area contributed by atoms with E-state index in [1.54, 1.807) is 18.2 Å². The average molecular weight is 333 g/mol. The normalized spacial score (nSPS) is 10.4. The first-order valence-corrected chi connectivity index (χ1v) is 6.37. The van der Waals surface area contributed by atoms with E-state index in [4.69, 9.17) is 11.6 Å². The van der Waals surface area contributed by atoms with Crippen molar-refractivity contribution < 1.29 is 8.78 Å². The summed E-state index contributed by atoms with van der Waals surface area (Å²) in [5, 5.41) is 3.56. The Morgan fingerprint density at radius 3 is 2.72 bits per heavy atom. The smallest absolute Gasteiger partial charge is 0.128 e. The van der Waals surface area contributed by atoms with Gasteiger partial charge in [-0.15, -0.1) is 0 Å². The quantitative estimate of drug-likeness (QED) is 0.834. The van der Waals surface area contributed by atoms with Gasteiger partial charge in [-0.3, -0.25) is 0 Å². The minimum absolute atomic E-state index is 0.183. The van der Waals surface area contributed by atoms with Gasteiger partial charge in [-0.25, -0.2) is 8.78 Å². The zero-order chi connectivity index (χ0) is 13.1. The van der Waals surface area contributed by atoms with E-state index in [0.29, 0.717) is 9.50 Å². The highest BCUT2D eigenvalue weighted by molar-refractivity contribution is 9.10. The lowest BCUT2D eigenvalue weighted by Gasteiger charge is -2.10. The molecular weight excluding hydrogens is 324 g/mol. The van der Waals surface area contributed by atoms with E-state index in [2.05, 4.69) is 21.2 Å². The van der Waals surface area contributed by atoms with Crippen molar-refractivity contribution >= 4 is 33.2 Å². The number of rotatable bonds is 3. The summed E-state index contributed by atoms with van der Waals surface area (Å²) < 4.78 is 27.1. The molecule has 5 heteroatoms. The Kier molecular flexibility index (Phi) is 4.19. The Hall–Kier alpha value is -1.13. The third-order valence-electron chi connectivity index (χ3n) is 2.43. The number of anilines is 1. The van der Waals surface area contributed by atoms with Crippen LogP contribution in [0.3, 0.4) is 0 Å². The second-order valence-electron chi connectivity index (χ2n) is 3.69. The van der Waals surface area contributed by atoms with Crippen LogP contribution < -0.4 is 5.32 Å². The highest BCUT2D eigenvalue weighted by atomic mass is 79.9. The van der Waals surface area contributed by atoms with Gasteiger partial charge in [0.2, 0.25) is 0 Å².